The van der Waals surface area contributed by atoms with E-state index < -0.39 is 0 Å². The molecule has 0 saturated heterocycles. The van der Waals surface area contributed by atoms with Gasteiger partial charge in [0.15, 0.2) is 5.96 Å². The first-order valence-corrected chi connectivity index (χ1v) is 6.71. The fourth-order valence-electron chi connectivity index (χ4n) is 1.58. The van der Waals surface area contributed by atoms with Crippen molar-refractivity contribution in [1.82, 2.24) is 10.6 Å². The highest BCUT2D eigenvalue weighted by Crippen LogP contribution is 2.11. The summed E-state index contributed by atoms with van der Waals surface area (Å²) >= 11 is 0. The number of nitrogens with zero attached hydrogens (tertiary/aromatic N) is 1. The average molecular weight is 263 g/mol. The molecule has 4 heteroatoms. The standard InChI is InChI=1S/C15H25N3O/c1-11(2)17-15(18-12(3)4)16-10-13-6-8-14(19-5)9-7-13/h6-9,11-12H,10H2,1-5H3,(H2,16,17,18). The molecule has 0 saturated carbocycles. The number of methoxy groups -OCH3 is 1. The molecule has 0 aliphatic rings. The van der Waals surface area contributed by atoms with Crippen molar-refractivity contribution in [2.24, 2.45) is 4.99 Å². The van der Waals surface area contributed by atoms with Crippen molar-refractivity contribution in [1.29, 1.82) is 0 Å². The fourth-order valence-corrected chi connectivity index (χ4v) is 1.58. The molecule has 0 radical (unpaired) electrons. The molecule has 0 fully saturated rings. The summed E-state index contributed by atoms with van der Waals surface area (Å²) in [7, 11) is 1.67. The van der Waals surface area contributed by atoms with Crippen molar-refractivity contribution in [2.75, 3.05) is 7.11 Å². The molecule has 4 nitrogen and oxygen atoms in total. The summed E-state index contributed by atoms with van der Waals surface area (Å²) in [5, 5.41) is 6.64. The zero-order valence-corrected chi connectivity index (χ0v) is 12.5. The van der Waals surface area contributed by atoms with Crippen LogP contribution in [0.3, 0.4) is 0 Å². The third kappa shape index (κ3) is 6.13. The molecule has 2 N–H and O–H groups in total. The Labute approximate surface area is 116 Å². The predicted molar refractivity (Wildman–Crippen MR) is 80.7 cm³/mol. The summed E-state index contributed by atoms with van der Waals surface area (Å²) in [6, 6.07) is 8.70. The number of benzene rings is 1. The molecule has 1 aromatic rings. The molecule has 1 aromatic carbocycles. The second-order valence-corrected chi connectivity index (χ2v) is 5.11. The summed E-state index contributed by atoms with van der Waals surface area (Å²) < 4.78 is 5.14. The fraction of sp³-hybridized carbons (Fsp3) is 0.533. The van der Waals surface area contributed by atoms with Gasteiger partial charge >= 0.3 is 0 Å². The van der Waals surface area contributed by atoms with Gasteiger partial charge in [-0.1, -0.05) is 12.1 Å². The van der Waals surface area contributed by atoms with Crippen LogP contribution in [0.15, 0.2) is 29.3 Å². The van der Waals surface area contributed by atoms with Crippen LogP contribution in [0.5, 0.6) is 5.75 Å². The Balaban J connectivity index is 2.67. The second-order valence-electron chi connectivity index (χ2n) is 5.11. The molecule has 0 amide bonds. The summed E-state index contributed by atoms with van der Waals surface area (Å²) in [5.74, 6) is 1.72. The van der Waals surface area contributed by atoms with Crippen molar-refractivity contribution in [3.63, 3.8) is 0 Å². The smallest absolute Gasteiger partial charge is 0.191 e. The van der Waals surface area contributed by atoms with Gasteiger partial charge in [0, 0.05) is 12.1 Å². The molecule has 0 atom stereocenters. The lowest BCUT2D eigenvalue weighted by molar-refractivity contribution is 0.414. The van der Waals surface area contributed by atoms with E-state index in [1.165, 1.54) is 0 Å². The first-order chi connectivity index (χ1) is 9.01. The van der Waals surface area contributed by atoms with E-state index in [-0.39, 0.29) is 0 Å². The first-order valence-electron chi connectivity index (χ1n) is 6.71. The van der Waals surface area contributed by atoms with E-state index in [1.54, 1.807) is 7.11 Å². The van der Waals surface area contributed by atoms with Crippen LogP contribution in [-0.2, 0) is 6.54 Å². The van der Waals surface area contributed by atoms with Gasteiger partial charge in [-0.25, -0.2) is 4.99 Å². The number of ether oxygens (including phenoxy) is 1. The Kier molecular flexibility index (Phi) is 6.19. The third-order valence-corrected chi connectivity index (χ3v) is 2.43. The van der Waals surface area contributed by atoms with Crippen molar-refractivity contribution in [3.05, 3.63) is 29.8 Å². The Hall–Kier alpha value is -1.71. The minimum absolute atomic E-state index is 0.362. The molecular weight excluding hydrogens is 238 g/mol. The Bertz CT molecular complexity index is 384. The van der Waals surface area contributed by atoms with Crippen LogP contribution in [0.1, 0.15) is 33.3 Å². The summed E-state index contributed by atoms with van der Waals surface area (Å²) in [4.78, 5) is 4.58. The predicted octanol–water partition coefficient (Wildman–Crippen LogP) is 2.55. The van der Waals surface area contributed by atoms with Gasteiger partial charge in [-0.15, -0.1) is 0 Å². The number of rotatable bonds is 5. The zero-order chi connectivity index (χ0) is 14.3. The lowest BCUT2D eigenvalue weighted by Crippen LogP contribution is -2.44. The van der Waals surface area contributed by atoms with Gasteiger partial charge < -0.3 is 15.4 Å². The van der Waals surface area contributed by atoms with E-state index in [4.69, 9.17) is 4.74 Å². The van der Waals surface area contributed by atoms with Crippen LogP contribution in [0.4, 0.5) is 0 Å². The van der Waals surface area contributed by atoms with Gasteiger partial charge in [0.25, 0.3) is 0 Å². The quantitative estimate of drug-likeness (QED) is 0.634. The lowest BCUT2D eigenvalue weighted by Gasteiger charge is -2.17. The van der Waals surface area contributed by atoms with Crippen LogP contribution in [0, 0.1) is 0 Å². The van der Waals surface area contributed by atoms with Crippen molar-refractivity contribution in [3.8, 4) is 5.75 Å². The van der Waals surface area contributed by atoms with Gasteiger partial charge in [-0.3, -0.25) is 0 Å². The van der Waals surface area contributed by atoms with Crippen LogP contribution >= 0.6 is 0 Å². The number of aliphatic imine (C=N–C) groups is 1. The minimum atomic E-state index is 0.362. The monoisotopic (exact) mass is 263 g/mol. The summed E-state index contributed by atoms with van der Waals surface area (Å²) in [6.45, 7) is 9.06. The van der Waals surface area contributed by atoms with Gasteiger partial charge in [0.2, 0.25) is 0 Å². The molecule has 0 unspecified atom stereocenters. The Morgan fingerprint density at radius 2 is 1.58 bits per heavy atom. The molecular formula is C15H25N3O. The van der Waals surface area contributed by atoms with Crippen LogP contribution in [0.2, 0.25) is 0 Å². The third-order valence-electron chi connectivity index (χ3n) is 2.43. The second kappa shape index (κ2) is 7.67. The van der Waals surface area contributed by atoms with Crippen molar-refractivity contribution >= 4 is 5.96 Å². The van der Waals surface area contributed by atoms with Crippen LogP contribution in [0.25, 0.3) is 0 Å². The number of hydrogen-bond donors (Lipinski definition) is 2. The maximum absolute atomic E-state index is 5.14. The summed E-state index contributed by atoms with van der Waals surface area (Å²) in [6.07, 6.45) is 0. The van der Waals surface area contributed by atoms with Crippen molar-refractivity contribution in [2.45, 2.75) is 46.3 Å². The average Bonchev–Trinajstić information content (AvgIpc) is 2.35. The van der Waals surface area contributed by atoms with E-state index in [0.717, 1.165) is 17.3 Å². The molecule has 0 heterocycles. The Morgan fingerprint density at radius 1 is 1.05 bits per heavy atom. The van der Waals surface area contributed by atoms with E-state index in [9.17, 15) is 0 Å². The number of hydrogen-bond acceptors (Lipinski definition) is 2. The van der Waals surface area contributed by atoms with Crippen LogP contribution in [-0.4, -0.2) is 25.2 Å². The molecule has 0 spiro atoms. The maximum atomic E-state index is 5.14. The molecule has 1 rings (SSSR count). The number of guanidine groups is 1. The normalized spacial score (nSPS) is 10.5. The molecule has 106 valence electrons. The van der Waals surface area contributed by atoms with Gasteiger partial charge in [0.1, 0.15) is 5.75 Å². The van der Waals surface area contributed by atoms with Gasteiger partial charge in [-0.2, -0.15) is 0 Å². The SMILES string of the molecule is COc1ccc(CN=C(NC(C)C)NC(C)C)cc1. The maximum Gasteiger partial charge on any atom is 0.191 e. The molecule has 0 aromatic heterocycles. The molecule has 19 heavy (non-hydrogen) atoms. The Morgan fingerprint density at radius 3 is 2.00 bits per heavy atom. The molecule has 0 aliphatic carbocycles. The topological polar surface area (TPSA) is 45.6 Å². The highest BCUT2D eigenvalue weighted by molar-refractivity contribution is 5.80. The zero-order valence-electron chi connectivity index (χ0n) is 12.5. The number of nitrogens with one attached hydrogen (secondary N) is 2. The molecule has 0 aliphatic heterocycles. The first kappa shape index (κ1) is 15.3. The largest absolute Gasteiger partial charge is 0.497 e. The summed E-state index contributed by atoms with van der Waals surface area (Å²) in [5.41, 5.74) is 1.16. The highest BCUT2D eigenvalue weighted by Gasteiger charge is 2.03. The van der Waals surface area contributed by atoms with E-state index in [2.05, 4.69) is 43.3 Å². The lowest BCUT2D eigenvalue weighted by atomic mass is 10.2. The molecule has 0 bridgehead atoms. The van der Waals surface area contributed by atoms with Gasteiger partial charge in [-0.05, 0) is 45.4 Å². The highest BCUT2D eigenvalue weighted by atomic mass is 16.5. The van der Waals surface area contributed by atoms with E-state index >= 15 is 0 Å². The van der Waals surface area contributed by atoms with Crippen LogP contribution < -0.4 is 15.4 Å². The minimum Gasteiger partial charge on any atom is -0.497 e. The van der Waals surface area contributed by atoms with E-state index in [0.29, 0.717) is 18.6 Å². The van der Waals surface area contributed by atoms with E-state index in [1.807, 2.05) is 24.3 Å². The van der Waals surface area contributed by atoms with Crippen molar-refractivity contribution < 1.29 is 4.74 Å². The van der Waals surface area contributed by atoms with Gasteiger partial charge in [0.05, 0.1) is 13.7 Å².